The molecule has 0 atom stereocenters. The highest BCUT2D eigenvalue weighted by molar-refractivity contribution is 7.89. The number of oxime groups is 1. The molecule has 0 radical (unpaired) electrons. The van der Waals surface area contributed by atoms with Gasteiger partial charge in [0, 0.05) is 25.9 Å². The maximum absolute atomic E-state index is 12.8. The third kappa shape index (κ3) is 2.51. The fourth-order valence-corrected chi connectivity index (χ4v) is 3.28. The monoisotopic (exact) mass is 272 g/mol. The van der Waals surface area contributed by atoms with E-state index in [1.54, 1.807) is 0 Å². The highest BCUT2D eigenvalue weighted by Crippen LogP contribution is 2.19. The Hall–Kier alpha value is -1.47. The van der Waals surface area contributed by atoms with Crippen LogP contribution in [0.1, 0.15) is 12.8 Å². The Balaban J connectivity index is 2.20. The molecule has 0 aromatic heterocycles. The smallest absolute Gasteiger partial charge is 0.243 e. The van der Waals surface area contributed by atoms with E-state index >= 15 is 0 Å². The number of hydrogen-bond acceptors (Lipinski definition) is 4. The molecule has 1 aliphatic rings. The van der Waals surface area contributed by atoms with E-state index in [0.717, 1.165) is 12.1 Å². The molecule has 0 amide bonds. The highest BCUT2D eigenvalue weighted by Gasteiger charge is 2.27. The first-order valence-corrected chi connectivity index (χ1v) is 6.93. The van der Waals surface area contributed by atoms with Gasteiger partial charge in [-0.2, -0.15) is 4.31 Å². The Bertz CT molecular complexity index is 544. The van der Waals surface area contributed by atoms with Crippen LogP contribution in [0.15, 0.2) is 34.3 Å². The van der Waals surface area contributed by atoms with Crippen LogP contribution in [0.2, 0.25) is 0 Å². The molecule has 1 fully saturated rings. The summed E-state index contributed by atoms with van der Waals surface area (Å²) in [4.78, 5) is 0.0771. The van der Waals surface area contributed by atoms with Gasteiger partial charge in [0.25, 0.3) is 0 Å². The molecule has 1 aromatic rings. The van der Waals surface area contributed by atoms with Crippen LogP contribution in [0.4, 0.5) is 4.39 Å². The van der Waals surface area contributed by atoms with Crippen molar-refractivity contribution in [2.75, 3.05) is 13.1 Å². The van der Waals surface area contributed by atoms with Gasteiger partial charge in [0.2, 0.25) is 10.0 Å². The predicted octanol–water partition coefficient (Wildman–Crippen LogP) is 1.44. The van der Waals surface area contributed by atoms with Gasteiger partial charge in [0.05, 0.1) is 10.6 Å². The molecular formula is C11H13FN2O3S. The molecule has 7 heteroatoms. The van der Waals surface area contributed by atoms with Crippen molar-refractivity contribution in [1.29, 1.82) is 0 Å². The van der Waals surface area contributed by atoms with Crippen molar-refractivity contribution in [3.05, 3.63) is 30.1 Å². The molecule has 1 N–H and O–H groups in total. The minimum absolute atomic E-state index is 0.0771. The van der Waals surface area contributed by atoms with E-state index in [-0.39, 0.29) is 18.0 Å². The number of piperidine rings is 1. The molecule has 0 unspecified atom stereocenters. The van der Waals surface area contributed by atoms with Gasteiger partial charge in [-0.15, -0.1) is 0 Å². The molecule has 1 saturated heterocycles. The van der Waals surface area contributed by atoms with E-state index in [4.69, 9.17) is 5.21 Å². The summed E-state index contributed by atoms with van der Waals surface area (Å²) in [5.74, 6) is -0.470. The van der Waals surface area contributed by atoms with Crippen LogP contribution in [0.25, 0.3) is 0 Å². The number of benzene rings is 1. The molecule has 0 bridgehead atoms. The number of rotatable bonds is 2. The molecular weight excluding hydrogens is 259 g/mol. The number of halogens is 1. The zero-order valence-corrected chi connectivity index (χ0v) is 10.4. The van der Waals surface area contributed by atoms with Gasteiger partial charge in [-0.05, 0) is 24.3 Å². The minimum Gasteiger partial charge on any atom is -0.411 e. The van der Waals surface area contributed by atoms with Gasteiger partial charge in [0.15, 0.2) is 0 Å². The van der Waals surface area contributed by atoms with E-state index < -0.39 is 15.8 Å². The lowest BCUT2D eigenvalue weighted by Crippen LogP contribution is -2.38. The summed E-state index contributed by atoms with van der Waals surface area (Å²) in [5.41, 5.74) is 0.598. The van der Waals surface area contributed by atoms with Crippen LogP contribution < -0.4 is 0 Å². The zero-order chi connectivity index (χ0) is 13.2. The number of nitrogens with zero attached hydrogens (tertiary/aromatic N) is 2. The fourth-order valence-electron chi connectivity index (χ4n) is 1.84. The summed E-state index contributed by atoms with van der Waals surface area (Å²) in [6.07, 6.45) is 0.827. The van der Waals surface area contributed by atoms with E-state index in [2.05, 4.69) is 5.16 Å². The molecule has 1 aliphatic heterocycles. The van der Waals surface area contributed by atoms with Crippen molar-refractivity contribution >= 4 is 15.7 Å². The largest absolute Gasteiger partial charge is 0.411 e. The average molecular weight is 272 g/mol. The molecule has 1 aromatic carbocycles. The van der Waals surface area contributed by atoms with E-state index in [0.29, 0.717) is 18.6 Å². The lowest BCUT2D eigenvalue weighted by molar-refractivity contribution is 0.310. The van der Waals surface area contributed by atoms with Crippen LogP contribution in [0.3, 0.4) is 0 Å². The molecule has 98 valence electrons. The van der Waals surface area contributed by atoms with Crippen molar-refractivity contribution in [3.8, 4) is 0 Å². The van der Waals surface area contributed by atoms with E-state index in [1.165, 1.54) is 16.4 Å². The topological polar surface area (TPSA) is 70.0 Å². The van der Waals surface area contributed by atoms with E-state index in [9.17, 15) is 12.8 Å². The normalized spacial score (nSPS) is 17.7. The Labute approximate surface area is 105 Å². The molecule has 18 heavy (non-hydrogen) atoms. The minimum atomic E-state index is -3.58. The Morgan fingerprint density at radius 2 is 1.72 bits per heavy atom. The SMILES string of the molecule is O=S(=O)(c1ccc(F)cc1)N1CCC(=NO)CC1. The van der Waals surface area contributed by atoms with Gasteiger partial charge in [-0.3, -0.25) is 0 Å². The molecule has 5 nitrogen and oxygen atoms in total. The second-order valence-electron chi connectivity index (χ2n) is 4.02. The van der Waals surface area contributed by atoms with Gasteiger partial charge in [-0.1, -0.05) is 5.16 Å². The van der Waals surface area contributed by atoms with Gasteiger partial charge >= 0.3 is 0 Å². The van der Waals surface area contributed by atoms with Crippen LogP contribution in [0.5, 0.6) is 0 Å². The molecule has 2 rings (SSSR count). The summed E-state index contributed by atoms with van der Waals surface area (Å²) in [6, 6.07) is 4.75. The third-order valence-electron chi connectivity index (χ3n) is 2.89. The maximum Gasteiger partial charge on any atom is 0.243 e. The van der Waals surface area contributed by atoms with Gasteiger partial charge < -0.3 is 5.21 Å². The van der Waals surface area contributed by atoms with Crippen LogP contribution in [0, 0.1) is 5.82 Å². The highest BCUT2D eigenvalue weighted by atomic mass is 32.2. The average Bonchev–Trinajstić information content (AvgIpc) is 2.39. The summed E-state index contributed by atoms with van der Waals surface area (Å²) in [5, 5.41) is 11.7. The summed E-state index contributed by atoms with van der Waals surface area (Å²) < 4.78 is 38.5. The van der Waals surface area contributed by atoms with Gasteiger partial charge in [-0.25, -0.2) is 12.8 Å². The fraction of sp³-hybridized carbons (Fsp3) is 0.364. The Morgan fingerprint density at radius 1 is 1.17 bits per heavy atom. The molecule has 0 saturated carbocycles. The first-order chi connectivity index (χ1) is 8.54. The third-order valence-corrected chi connectivity index (χ3v) is 4.81. The first-order valence-electron chi connectivity index (χ1n) is 5.49. The lowest BCUT2D eigenvalue weighted by Gasteiger charge is -2.26. The predicted molar refractivity (Wildman–Crippen MR) is 63.6 cm³/mol. The van der Waals surface area contributed by atoms with Crippen LogP contribution in [-0.2, 0) is 10.0 Å². The molecule has 0 aliphatic carbocycles. The van der Waals surface area contributed by atoms with E-state index in [1.807, 2.05) is 0 Å². The Kier molecular flexibility index (Phi) is 3.63. The zero-order valence-electron chi connectivity index (χ0n) is 9.58. The maximum atomic E-state index is 12.8. The van der Waals surface area contributed by atoms with Crippen molar-refractivity contribution in [2.24, 2.45) is 5.16 Å². The van der Waals surface area contributed by atoms with Crippen molar-refractivity contribution in [3.63, 3.8) is 0 Å². The standard InChI is InChI=1S/C11H13FN2O3S/c12-9-1-3-11(4-2-9)18(16,17)14-7-5-10(13-15)6-8-14/h1-4,15H,5-8H2. The first kappa shape index (κ1) is 13.0. The summed E-state index contributed by atoms with van der Waals surface area (Å²) >= 11 is 0. The quantitative estimate of drug-likeness (QED) is 0.654. The lowest BCUT2D eigenvalue weighted by atomic mass is 10.1. The summed E-state index contributed by atoms with van der Waals surface area (Å²) in [7, 11) is -3.58. The number of sulfonamides is 1. The van der Waals surface area contributed by atoms with Crippen LogP contribution >= 0.6 is 0 Å². The Morgan fingerprint density at radius 3 is 2.22 bits per heavy atom. The van der Waals surface area contributed by atoms with Crippen molar-refractivity contribution < 1.29 is 18.0 Å². The second kappa shape index (κ2) is 5.03. The number of hydrogen-bond donors (Lipinski definition) is 1. The second-order valence-corrected chi connectivity index (χ2v) is 5.96. The summed E-state index contributed by atoms with van der Waals surface area (Å²) in [6.45, 7) is 0.554. The molecule has 1 heterocycles. The van der Waals surface area contributed by atoms with Crippen molar-refractivity contribution in [2.45, 2.75) is 17.7 Å². The van der Waals surface area contributed by atoms with Crippen LogP contribution in [-0.4, -0.2) is 36.7 Å². The van der Waals surface area contributed by atoms with Crippen molar-refractivity contribution in [1.82, 2.24) is 4.31 Å². The van der Waals surface area contributed by atoms with Gasteiger partial charge in [0.1, 0.15) is 5.82 Å². The molecule has 0 spiro atoms.